The van der Waals surface area contributed by atoms with Gasteiger partial charge in [-0.2, -0.15) is 0 Å². The number of benzene rings is 1. The van der Waals surface area contributed by atoms with E-state index in [1.54, 1.807) is 22.6 Å². The number of aromatic hydroxyl groups is 1. The summed E-state index contributed by atoms with van der Waals surface area (Å²) in [6.45, 7) is 1.33. The molecule has 1 N–H and O–H groups in total. The van der Waals surface area contributed by atoms with Crippen LogP contribution in [0.25, 0.3) is 0 Å². The summed E-state index contributed by atoms with van der Waals surface area (Å²) in [6.07, 6.45) is 0. The minimum atomic E-state index is -0.540. The second-order valence-corrected chi connectivity index (χ2v) is 3.50. The predicted molar refractivity (Wildman–Crippen MR) is 50.8 cm³/mol. The smallest absolute Gasteiger partial charge is 0.164 e. The number of phenolic OH excluding ortho intramolecular Hbond substituents is 1. The molecule has 0 bridgehead atoms. The monoisotopic (exact) mass is 280 g/mol. The Bertz CT molecular complexity index is 313. The molecule has 1 aromatic carbocycles. The molecule has 0 heterocycles. The van der Waals surface area contributed by atoms with E-state index in [1.165, 1.54) is 13.0 Å². The van der Waals surface area contributed by atoms with Crippen LogP contribution in [0.5, 0.6) is 5.75 Å². The Balaban J connectivity index is 3.38. The zero-order chi connectivity index (χ0) is 9.30. The molecule has 0 amide bonds. The summed E-state index contributed by atoms with van der Waals surface area (Å²) >= 11 is 1.81. The minimum Gasteiger partial charge on any atom is -0.507 e. The standard InChI is InChI=1S/C8H6FIO2/c1-4(11)8-6(10)2-5(9)3-7(8)12/h2-3,12H,1H3. The van der Waals surface area contributed by atoms with Crippen molar-refractivity contribution in [3.63, 3.8) is 0 Å². The first-order valence-electron chi connectivity index (χ1n) is 3.21. The molecular formula is C8H6FIO2. The van der Waals surface area contributed by atoms with Gasteiger partial charge < -0.3 is 5.11 Å². The van der Waals surface area contributed by atoms with E-state index in [0.29, 0.717) is 3.57 Å². The molecule has 12 heavy (non-hydrogen) atoms. The lowest BCUT2D eigenvalue weighted by Crippen LogP contribution is -1.97. The minimum absolute atomic E-state index is 0.178. The molecule has 0 radical (unpaired) electrons. The fraction of sp³-hybridized carbons (Fsp3) is 0.125. The molecule has 0 saturated heterocycles. The van der Waals surface area contributed by atoms with Crippen molar-refractivity contribution in [2.45, 2.75) is 6.92 Å². The zero-order valence-electron chi connectivity index (χ0n) is 6.27. The van der Waals surface area contributed by atoms with E-state index in [-0.39, 0.29) is 17.1 Å². The van der Waals surface area contributed by atoms with Crippen molar-refractivity contribution in [3.8, 4) is 5.75 Å². The summed E-state index contributed by atoms with van der Waals surface area (Å²) < 4.78 is 13.0. The molecule has 0 aliphatic rings. The molecule has 0 aliphatic carbocycles. The third kappa shape index (κ3) is 1.74. The zero-order valence-corrected chi connectivity index (χ0v) is 8.42. The van der Waals surface area contributed by atoms with E-state index in [0.717, 1.165) is 6.07 Å². The van der Waals surface area contributed by atoms with Crippen LogP contribution in [0.2, 0.25) is 0 Å². The van der Waals surface area contributed by atoms with Crippen LogP contribution in [0.4, 0.5) is 4.39 Å². The average Bonchev–Trinajstić information content (AvgIpc) is 1.82. The van der Waals surface area contributed by atoms with Crippen LogP contribution < -0.4 is 0 Å². The molecule has 64 valence electrons. The molecule has 0 spiro atoms. The highest BCUT2D eigenvalue weighted by atomic mass is 127. The molecule has 1 rings (SSSR count). The van der Waals surface area contributed by atoms with Crippen LogP contribution in [-0.2, 0) is 0 Å². The topological polar surface area (TPSA) is 37.3 Å². The van der Waals surface area contributed by atoms with Crippen LogP contribution in [0.3, 0.4) is 0 Å². The third-order valence-corrected chi connectivity index (χ3v) is 2.24. The number of carbonyl (C=O) groups is 1. The van der Waals surface area contributed by atoms with Crippen LogP contribution in [-0.4, -0.2) is 10.9 Å². The van der Waals surface area contributed by atoms with Crippen LogP contribution >= 0.6 is 22.6 Å². The molecule has 0 unspecified atom stereocenters. The van der Waals surface area contributed by atoms with Gasteiger partial charge in [-0.15, -0.1) is 0 Å². The van der Waals surface area contributed by atoms with Gasteiger partial charge in [0.05, 0.1) is 5.56 Å². The van der Waals surface area contributed by atoms with E-state index in [1.807, 2.05) is 0 Å². The summed E-state index contributed by atoms with van der Waals surface area (Å²) in [5.74, 6) is -1.11. The van der Waals surface area contributed by atoms with Crippen LogP contribution in [0.15, 0.2) is 12.1 Å². The Morgan fingerprint density at radius 2 is 2.17 bits per heavy atom. The second-order valence-electron chi connectivity index (χ2n) is 2.34. The van der Waals surface area contributed by atoms with Crippen molar-refractivity contribution in [1.29, 1.82) is 0 Å². The summed E-state index contributed by atoms with van der Waals surface area (Å²) in [7, 11) is 0. The Morgan fingerprint density at radius 1 is 1.58 bits per heavy atom. The Kier molecular flexibility index (Phi) is 2.66. The van der Waals surface area contributed by atoms with Gasteiger partial charge in [0.25, 0.3) is 0 Å². The number of hydrogen-bond acceptors (Lipinski definition) is 2. The third-order valence-electron chi connectivity index (χ3n) is 1.39. The predicted octanol–water partition coefficient (Wildman–Crippen LogP) is 2.34. The number of phenols is 1. The lowest BCUT2D eigenvalue weighted by Gasteiger charge is -2.02. The summed E-state index contributed by atoms with van der Waals surface area (Å²) in [4.78, 5) is 10.9. The second kappa shape index (κ2) is 3.38. The van der Waals surface area contributed by atoms with Crippen molar-refractivity contribution in [3.05, 3.63) is 27.1 Å². The number of carbonyl (C=O) groups excluding carboxylic acids is 1. The van der Waals surface area contributed by atoms with Crippen molar-refractivity contribution >= 4 is 28.4 Å². The van der Waals surface area contributed by atoms with Gasteiger partial charge in [0.15, 0.2) is 5.78 Å². The SMILES string of the molecule is CC(=O)c1c(O)cc(F)cc1I. The van der Waals surface area contributed by atoms with Crippen molar-refractivity contribution < 1.29 is 14.3 Å². The summed E-state index contributed by atoms with van der Waals surface area (Å²) in [5.41, 5.74) is 0.178. The molecule has 2 nitrogen and oxygen atoms in total. The van der Waals surface area contributed by atoms with Crippen LogP contribution in [0.1, 0.15) is 17.3 Å². The number of ketones is 1. The van der Waals surface area contributed by atoms with Gasteiger partial charge in [0.2, 0.25) is 0 Å². The Hall–Kier alpha value is -0.650. The highest BCUT2D eigenvalue weighted by Gasteiger charge is 2.12. The first-order chi connectivity index (χ1) is 5.52. The fourth-order valence-electron chi connectivity index (χ4n) is 0.909. The number of Topliss-reactive ketones (excluding diaryl/α,β-unsaturated/α-hetero) is 1. The van der Waals surface area contributed by atoms with Gasteiger partial charge in [0.1, 0.15) is 11.6 Å². The lowest BCUT2D eigenvalue weighted by molar-refractivity contribution is 0.101. The van der Waals surface area contributed by atoms with Gasteiger partial charge >= 0.3 is 0 Å². The Labute approximate surface area is 82.5 Å². The van der Waals surface area contributed by atoms with E-state index in [4.69, 9.17) is 0 Å². The average molecular weight is 280 g/mol. The number of halogens is 2. The maximum absolute atomic E-state index is 12.6. The summed E-state index contributed by atoms with van der Waals surface area (Å²) in [5, 5.41) is 9.18. The van der Waals surface area contributed by atoms with Crippen LogP contribution in [0, 0.1) is 9.39 Å². The van der Waals surface area contributed by atoms with Gasteiger partial charge in [-0.05, 0) is 35.6 Å². The highest BCUT2D eigenvalue weighted by Crippen LogP contribution is 2.24. The number of rotatable bonds is 1. The number of hydrogen-bond donors (Lipinski definition) is 1. The molecule has 0 atom stereocenters. The fourth-order valence-corrected chi connectivity index (χ4v) is 1.86. The molecule has 0 saturated carbocycles. The maximum Gasteiger partial charge on any atom is 0.164 e. The van der Waals surface area contributed by atoms with Crippen molar-refractivity contribution in [2.75, 3.05) is 0 Å². The van der Waals surface area contributed by atoms with Gasteiger partial charge in [-0.3, -0.25) is 4.79 Å². The normalized spacial score (nSPS) is 9.92. The van der Waals surface area contributed by atoms with Gasteiger partial charge in [-0.1, -0.05) is 0 Å². The maximum atomic E-state index is 12.6. The lowest BCUT2D eigenvalue weighted by atomic mass is 10.1. The first kappa shape index (κ1) is 9.44. The first-order valence-corrected chi connectivity index (χ1v) is 4.29. The molecule has 4 heteroatoms. The molecule has 0 aliphatic heterocycles. The Morgan fingerprint density at radius 3 is 2.58 bits per heavy atom. The largest absolute Gasteiger partial charge is 0.507 e. The highest BCUT2D eigenvalue weighted by molar-refractivity contribution is 14.1. The van der Waals surface area contributed by atoms with Gasteiger partial charge in [-0.25, -0.2) is 4.39 Å². The molecular weight excluding hydrogens is 274 g/mol. The summed E-state index contributed by atoms with van der Waals surface area (Å²) in [6, 6.07) is 2.13. The van der Waals surface area contributed by atoms with E-state index >= 15 is 0 Å². The van der Waals surface area contributed by atoms with Crippen molar-refractivity contribution in [1.82, 2.24) is 0 Å². The van der Waals surface area contributed by atoms with Gasteiger partial charge in [0, 0.05) is 9.64 Å². The molecule has 0 fully saturated rings. The van der Waals surface area contributed by atoms with E-state index < -0.39 is 5.82 Å². The molecule has 1 aromatic rings. The van der Waals surface area contributed by atoms with E-state index in [9.17, 15) is 14.3 Å². The van der Waals surface area contributed by atoms with E-state index in [2.05, 4.69) is 0 Å². The van der Waals surface area contributed by atoms with Crippen molar-refractivity contribution in [2.24, 2.45) is 0 Å². The molecule has 0 aromatic heterocycles. The quantitative estimate of drug-likeness (QED) is 0.633.